The topological polar surface area (TPSA) is 109 Å². The summed E-state index contributed by atoms with van der Waals surface area (Å²) in [6.07, 6.45) is 3.52. The molecule has 0 aliphatic carbocycles. The number of carbonyl (C=O) groups is 1. The van der Waals surface area contributed by atoms with E-state index >= 15 is 0 Å². The lowest BCUT2D eigenvalue weighted by Gasteiger charge is -2.09. The zero-order valence-corrected chi connectivity index (χ0v) is 18.4. The number of nitrogens with zero attached hydrogens (tertiary/aromatic N) is 3. The van der Waals surface area contributed by atoms with E-state index in [-0.39, 0.29) is 23.7 Å². The summed E-state index contributed by atoms with van der Waals surface area (Å²) in [5, 5.41) is 24.2. The van der Waals surface area contributed by atoms with Crippen molar-refractivity contribution in [2.24, 2.45) is 5.10 Å². The molecule has 1 amide bonds. The number of benzene rings is 3. The van der Waals surface area contributed by atoms with Crippen molar-refractivity contribution in [2.45, 2.75) is 6.54 Å². The number of halogens is 1. The Balaban J connectivity index is 1.35. The van der Waals surface area contributed by atoms with Crippen molar-refractivity contribution in [2.75, 3.05) is 6.79 Å². The smallest absolute Gasteiger partial charge is 0.271 e. The summed E-state index contributed by atoms with van der Waals surface area (Å²) in [5.74, 6) is 0.647. The highest BCUT2D eigenvalue weighted by Gasteiger charge is 2.17. The number of fused-ring (bicyclic) bond motifs is 2. The van der Waals surface area contributed by atoms with Crippen LogP contribution in [0.3, 0.4) is 0 Å². The molecule has 1 aromatic heterocycles. The van der Waals surface area contributed by atoms with Crippen LogP contribution in [0.1, 0.15) is 27.0 Å². The first-order valence-corrected chi connectivity index (χ1v) is 10.6. The van der Waals surface area contributed by atoms with Gasteiger partial charge in [-0.25, -0.2) is 5.43 Å². The van der Waals surface area contributed by atoms with Gasteiger partial charge in [0.2, 0.25) is 6.79 Å². The average molecular weight is 473 g/mol. The minimum absolute atomic E-state index is 0.0188. The van der Waals surface area contributed by atoms with E-state index in [0.717, 1.165) is 22.0 Å². The molecule has 5 rings (SSSR count). The highest BCUT2D eigenvalue weighted by Crippen LogP contribution is 2.37. The molecule has 8 nitrogen and oxygen atoms in total. The monoisotopic (exact) mass is 472 g/mol. The third-order valence-electron chi connectivity index (χ3n) is 5.48. The Bertz CT molecular complexity index is 1500. The van der Waals surface area contributed by atoms with Gasteiger partial charge >= 0.3 is 0 Å². The van der Waals surface area contributed by atoms with Gasteiger partial charge in [0.05, 0.1) is 11.8 Å². The van der Waals surface area contributed by atoms with Crippen molar-refractivity contribution in [1.82, 2.24) is 9.99 Å². The molecule has 0 radical (unpaired) electrons. The van der Waals surface area contributed by atoms with Crippen LogP contribution in [-0.2, 0) is 6.54 Å². The van der Waals surface area contributed by atoms with Gasteiger partial charge in [-0.15, -0.1) is 0 Å². The summed E-state index contributed by atoms with van der Waals surface area (Å²) >= 11 is 6.44. The number of hydrogen-bond donors (Lipinski definition) is 2. The van der Waals surface area contributed by atoms with Crippen LogP contribution in [0.2, 0.25) is 5.02 Å². The summed E-state index contributed by atoms with van der Waals surface area (Å²) in [6.45, 7) is 0.728. The van der Waals surface area contributed by atoms with Crippen LogP contribution in [0.4, 0.5) is 0 Å². The molecule has 0 spiro atoms. The number of aromatic nitrogens is 1. The molecule has 3 aromatic carbocycles. The summed E-state index contributed by atoms with van der Waals surface area (Å²) in [7, 11) is 0. The fourth-order valence-electron chi connectivity index (χ4n) is 3.75. The normalized spacial score (nSPS) is 12.2. The molecule has 2 heterocycles. The van der Waals surface area contributed by atoms with E-state index in [1.54, 1.807) is 12.3 Å². The second-order valence-corrected chi connectivity index (χ2v) is 7.97. The van der Waals surface area contributed by atoms with Gasteiger partial charge in [-0.05, 0) is 42.0 Å². The summed E-state index contributed by atoms with van der Waals surface area (Å²) < 4.78 is 12.9. The van der Waals surface area contributed by atoms with Gasteiger partial charge in [-0.3, -0.25) is 4.79 Å². The van der Waals surface area contributed by atoms with E-state index in [1.165, 1.54) is 18.2 Å². The Kier molecular flexibility index (Phi) is 5.54. The molecule has 0 saturated heterocycles. The van der Waals surface area contributed by atoms with Crippen molar-refractivity contribution in [3.8, 4) is 23.3 Å². The Morgan fingerprint density at radius 1 is 1.21 bits per heavy atom. The van der Waals surface area contributed by atoms with Crippen LogP contribution >= 0.6 is 11.6 Å². The first-order chi connectivity index (χ1) is 16.5. The predicted octanol–water partition coefficient (Wildman–Crippen LogP) is 4.41. The number of phenols is 1. The molecule has 0 saturated carbocycles. The van der Waals surface area contributed by atoms with Crippen molar-refractivity contribution >= 4 is 34.6 Å². The lowest BCUT2D eigenvalue weighted by Crippen LogP contribution is -2.17. The number of hydrogen-bond acceptors (Lipinski definition) is 6. The lowest BCUT2D eigenvalue weighted by molar-refractivity contribution is 0.0955. The summed E-state index contributed by atoms with van der Waals surface area (Å²) in [6, 6.07) is 17.3. The van der Waals surface area contributed by atoms with Crippen molar-refractivity contribution < 1.29 is 19.4 Å². The number of ether oxygens (including phenoxy) is 2. The van der Waals surface area contributed by atoms with Gasteiger partial charge in [0.25, 0.3) is 5.91 Å². The molecule has 1 aliphatic rings. The first kappa shape index (κ1) is 21.4. The molecular weight excluding hydrogens is 456 g/mol. The molecule has 0 unspecified atom stereocenters. The van der Waals surface area contributed by atoms with Crippen LogP contribution in [-0.4, -0.2) is 28.6 Å². The number of rotatable bonds is 5. The molecule has 2 N–H and O–H groups in total. The number of hydrazone groups is 1. The Hall–Kier alpha value is -4.48. The fraction of sp³-hybridized carbons (Fsp3) is 0.0800. The third-order valence-corrected chi connectivity index (χ3v) is 5.83. The average Bonchev–Trinajstić information content (AvgIpc) is 3.46. The van der Waals surface area contributed by atoms with E-state index in [1.807, 2.05) is 42.6 Å². The van der Waals surface area contributed by atoms with E-state index in [0.29, 0.717) is 23.1 Å². The van der Waals surface area contributed by atoms with E-state index in [9.17, 15) is 9.90 Å². The highest BCUT2D eigenvalue weighted by molar-refractivity contribution is 6.31. The van der Waals surface area contributed by atoms with Gasteiger partial charge in [0.15, 0.2) is 11.5 Å². The molecule has 168 valence electrons. The number of amides is 1. The molecule has 4 aromatic rings. The molecule has 0 bridgehead atoms. The Labute approximate surface area is 199 Å². The van der Waals surface area contributed by atoms with Gasteiger partial charge < -0.3 is 19.1 Å². The number of nitrogens with one attached hydrogen (secondary N) is 1. The fourth-order valence-corrected chi connectivity index (χ4v) is 3.97. The largest absolute Gasteiger partial charge is 0.507 e. The SMILES string of the molecule is N#Cc1cc(C(=O)N/N=C/c2cccc3c2ccn3Cc2cc3c(cc2Cl)OCO3)ccc1O. The van der Waals surface area contributed by atoms with E-state index in [4.69, 9.17) is 26.3 Å². The number of aromatic hydroxyl groups is 1. The minimum Gasteiger partial charge on any atom is -0.507 e. The highest BCUT2D eigenvalue weighted by atomic mass is 35.5. The molecule has 1 aliphatic heterocycles. The standard InChI is InChI=1S/C25H17ClN4O4/c26-20-10-24-23(33-14-34-24)9-18(20)13-30-7-6-19-16(2-1-3-21(19)30)12-28-29-25(32)15-4-5-22(31)17(8-15)11-27/h1-10,12,31H,13-14H2,(H,29,32)/b28-12+. The van der Waals surface area contributed by atoms with Gasteiger partial charge in [0.1, 0.15) is 11.8 Å². The van der Waals surface area contributed by atoms with Crippen LogP contribution in [0, 0.1) is 11.3 Å². The summed E-state index contributed by atoms with van der Waals surface area (Å²) in [5.41, 5.74) is 5.38. The number of phenolic OH excluding ortho intramolecular Hbond substituents is 1. The molecule has 0 fully saturated rings. The van der Waals surface area contributed by atoms with Crippen molar-refractivity contribution in [3.05, 3.63) is 88.1 Å². The third kappa shape index (κ3) is 4.00. The van der Waals surface area contributed by atoms with E-state index in [2.05, 4.69) is 15.1 Å². The van der Waals surface area contributed by atoms with Crippen molar-refractivity contribution in [1.29, 1.82) is 5.26 Å². The molecule has 0 atom stereocenters. The van der Waals surface area contributed by atoms with Gasteiger partial charge in [-0.1, -0.05) is 23.7 Å². The second kappa shape index (κ2) is 8.81. The van der Waals surface area contributed by atoms with Gasteiger partial charge in [0, 0.05) is 45.9 Å². The lowest BCUT2D eigenvalue weighted by atomic mass is 10.1. The van der Waals surface area contributed by atoms with Crippen LogP contribution < -0.4 is 14.9 Å². The zero-order valence-electron chi connectivity index (χ0n) is 17.7. The van der Waals surface area contributed by atoms with Gasteiger partial charge in [-0.2, -0.15) is 10.4 Å². The van der Waals surface area contributed by atoms with Crippen LogP contribution in [0.15, 0.2) is 65.9 Å². The number of nitriles is 1. The zero-order chi connectivity index (χ0) is 23.7. The molecule has 34 heavy (non-hydrogen) atoms. The first-order valence-electron chi connectivity index (χ1n) is 10.3. The molecular formula is C25H17ClN4O4. The maximum atomic E-state index is 12.3. The van der Waals surface area contributed by atoms with Crippen LogP contribution in [0.5, 0.6) is 17.2 Å². The second-order valence-electron chi connectivity index (χ2n) is 7.56. The maximum Gasteiger partial charge on any atom is 0.271 e. The van der Waals surface area contributed by atoms with Crippen LogP contribution in [0.25, 0.3) is 10.9 Å². The Morgan fingerprint density at radius 3 is 2.85 bits per heavy atom. The quantitative estimate of drug-likeness (QED) is 0.330. The summed E-state index contributed by atoms with van der Waals surface area (Å²) in [4.78, 5) is 12.3. The molecule has 9 heteroatoms. The Morgan fingerprint density at radius 2 is 2.03 bits per heavy atom. The van der Waals surface area contributed by atoms with E-state index < -0.39 is 5.91 Å². The van der Waals surface area contributed by atoms with Crippen molar-refractivity contribution in [3.63, 3.8) is 0 Å². The minimum atomic E-state index is -0.491. The predicted molar refractivity (Wildman–Crippen MR) is 126 cm³/mol. The number of carbonyl (C=O) groups excluding carboxylic acids is 1. The maximum absolute atomic E-state index is 12.3.